The number of carbonyl (C=O) groups excluding carboxylic acids is 1. The zero-order valence-corrected chi connectivity index (χ0v) is 11.1. The molecule has 2 rings (SSSR count). The van der Waals surface area contributed by atoms with Crippen LogP contribution in [0.1, 0.15) is 18.7 Å². The van der Waals surface area contributed by atoms with Gasteiger partial charge in [-0.25, -0.2) is 0 Å². The second-order valence-electron chi connectivity index (χ2n) is 4.65. The molecule has 7 heteroatoms. The van der Waals surface area contributed by atoms with E-state index in [1.807, 2.05) is 0 Å². The third-order valence-electron chi connectivity index (χ3n) is 3.15. The maximum absolute atomic E-state index is 12.6. The molecule has 1 amide bonds. The molecule has 1 fully saturated rings. The lowest BCUT2D eigenvalue weighted by atomic mass is 10.1. The van der Waals surface area contributed by atoms with Crippen molar-refractivity contribution in [2.75, 3.05) is 13.7 Å². The van der Waals surface area contributed by atoms with Gasteiger partial charge in [0.1, 0.15) is 18.5 Å². The van der Waals surface area contributed by atoms with Crippen molar-refractivity contribution in [3.63, 3.8) is 0 Å². The van der Waals surface area contributed by atoms with Crippen LogP contribution >= 0.6 is 0 Å². The summed E-state index contributed by atoms with van der Waals surface area (Å²) in [6.07, 6.45) is -5.20. The van der Waals surface area contributed by atoms with Gasteiger partial charge in [-0.3, -0.25) is 10.1 Å². The molecule has 2 atom stereocenters. The Morgan fingerprint density at radius 1 is 1.30 bits per heavy atom. The van der Waals surface area contributed by atoms with Gasteiger partial charge in [0.15, 0.2) is 0 Å². The Balaban J connectivity index is 2.25. The van der Waals surface area contributed by atoms with Crippen LogP contribution in [-0.4, -0.2) is 36.7 Å². The molecule has 0 spiro atoms. The van der Waals surface area contributed by atoms with Gasteiger partial charge in [-0.2, -0.15) is 13.2 Å². The summed E-state index contributed by atoms with van der Waals surface area (Å²) in [5.41, 5.74) is 0.591. The van der Waals surface area contributed by atoms with Crippen LogP contribution in [0.4, 0.5) is 13.2 Å². The van der Waals surface area contributed by atoms with Crippen molar-refractivity contribution in [3.8, 4) is 5.75 Å². The molecule has 0 bridgehead atoms. The molecule has 1 aliphatic heterocycles. The quantitative estimate of drug-likeness (QED) is 0.926. The fraction of sp³-hybridized carbons (Fsp3) is 0.462. The van der Waals surface area contributed by atoms with E-state index in [1.54, 1.807) is 31.2 Å². The number of carbonyl (C=O) groups is 1. The Bertz CT molecular complexity index is 487. The first-order valence-electron chi connectivity index (χ1n) is 6.09. The smallest absolute Gasteiger partial charge is 0.406 e. The second kappa shape index (κ2) is 5.32. The lowest BCUT2D eigenvalue weighted by Crippen LogP contribution is -2.38. The number of hydrogen-bond donors (Lipinski definition) is 1. The van der Waals surface area contributed by atoms with Crippen LogP contribution in [0.5, 0.6) is 5.75 Å². The maximum atomic E-state index is 12.6. The number of nitrogens with one attached hydrogen (secondary N) is 1. The molecule has 0 radical (unpaired) electrons. The van der Waals surface area contributed by atoms with Crippen molar-refractivity contribution in [1.82, 2.24) is 10.2 Å². The minimum Gasteiger partial charge on any atom is -0.497 e. The topological polar surface area (TPSA) is 41.6 Å². The standard InChI is InChI=1S/C13H15F3N2O2/c1-8-12(19)18(7-13(14,15)16)11(17-8)9-3-5-10(20-2)6-4-9/h3-6,8,11,17H,7H2,1-2H3. The van der Waals surface area contributed by atoms with Crippen molar-refractivity contribution < 1.29 is 22.7 Å². The van der Waals surface area contributed by atoms with Gasteiger partial charge in [-0.1, -0.05) is 12.1 Å². The van der Waals surface area contributed by atoms with Crippen molar-refractivity contribution in [2.24, 2.45) is 0 Å². The highest BCUT2D eigenvalue weighted by atomic mass is 19.4. The first-order chi connectivity index (χ1) is 9.31. The van der Waals surface area contributed by atoms with Crippen molar-refractivity contribution in [1.29, 1.82) is 0 Å². The number of methoxy groups -OCH3 is 1. The molecule has 1 aromatic carbocycles. The van der Waals surface area contributed by atoms with Crippen LogP contribution in [0.2, 0.25) is 0 Å². The molecule has 0 aromatic heterocycles. The van der Waals surface area contributed by atoms with E-state index in [0.717, 1.165) is 4.90 Å². The number of ether oxygens (including phenoxy) is 1. The van der Waals surface area contributed by atoms with Gasteiger partial charge in [0, 0.05) is 0 Å². The SMILES string of the molecule is COc1ccc(C2NC(C)C(=O)N2CC(F)(F)F)cc1. The van der Waals surface area contributed by atoms with E-state index in [0.29, 0.717) is 11.3 Å². The lowest BCUT2D eigenvalue weighted by Gasteiger charge is -2.25. The van der Waals surface area contributed by atoms with Gasteiger partial charge in [0.05, 0.1) is 13.2 Å². The number of benzene rings is 1. The number of hydrogen-bond acceptors (Lipinski definition) is 3. The van der Waals surface area contributed by atoms with E-state index >= 15 is 0 Å². The average Bonchev–Trinajstić information content (AvgIpc) is 2.65. The second-order valence-corrected chi connectivity index (χ2v) is 4.65. The van der Waals surface area contributed by atoms with E-state index < -0.39 is 30.8 Å². The Kier molecular flexibility index (Phi) is 3.89. The Morgan fingerprint density at radius 2 is 1.90 bits per heavy atom. The van der Waals surface area contributed by atoms with E-state index in [1.165, 1.54) is 7.11 Å². The van der Waals surface area contributed by atoms with E-state index in [2.05, 4.69) is 5.32 Å². The normalized spacial score (nSPS) is 23.2. The molecule has 20 heavy (non-hydrogen) atoms. The van der Waals surface area contributed by atoms with Gasteiger partial charge in [-0.05, 0) is 24.6 Å². The minimum absolute atomic E-state index is 0.553. The lowest BCUT2D eigenvalue weighted by molar-refractivity contribution is -0.161. The molecular weight excluding hydrogens is 273 g/mol. The number of rotatable bonds is 3. The van der Waals surface area contributed by atoms with E-state index in [4.69, 9.17) is 4.74 Å². The molecule has 1 saturated heterocycles. The number of nitrogens with zero attached hydrogens (tertiary/aromatic N) is 1. The van der Waals surface area contributed by atoms with Gasteiger partial charge in [0.2, 0.25) is 5.91 Å². The molecule has 2 unspecified atom stereocenters. The van der Waals surface area contributed by atoms with Crippen molar-refractivity contribution in [3.05, 3.63) is 29.8 Å². The van der Waals surface area contributed by atoms with Crippen LogP contribution in [0.3, 0.4) is 0 Å². The monoisotopic (exact) mass is 288 g/mol. The summed E-state index contributed by atoms with van der Waals surface area (Å²) < 4.78 is 42.7. The van der Waals surface area contributed by atoms with Crippen LogP contribution in [-0.2, 0) is 4.79 Å². The summed E-state index contributed by atoms with van der Waals surface area (Å²) in [7, 11) is 1.50. The Morgan fingerprint density at radius 3 is 2.40 bits per heavy atom. The first-order valence-corrected chi connectivity index (χ1v) is 6.09. The van der Waals surface area contributed by atoms with Crippen LogP contribution < -0.4 is 10.1 Å². The van der Waals surface area contributed by atoms with Gasteiger partial charge in [-0.15, -0.1) is 0 Å². The minimum atomic E-state index is -4.42. The van der Waals surface area contributed by atoms with Crippen LogP contribution in [0.15, 0.2) is 24.3 Å². The molecule has 1 aromatic rings. The van der Waals surface area contributed by atoms with Crippen LogP contribution in [0, 0.1) is 0 Å². The zero-order chi connectivity index (χ0) is 14.9. The van der Waals surface area contributed by atoms with Gasteiger partial charge in [0.25, 0.3) is 0 Å². The maximum Gasteiger partial charge on any atom is 0.406 e. The highest BCUT2D eigenvalue weighted by Gasteiger charge is 2.43. The predicted molar refractivity (Wildman–Crippen MR) is 66.1 cm³/mol. The first kappa shape index (κ1) is 14.6. The highest BCUT2D eigenvalue weighted by molar-refractivity contribution is 5.84. The van der Waals surface area contributed by atoms with E-state index in [9.17, 15) is 18.0 Å². The summed E-state index contributed by atoms with van der Waals surface area (Å²) in [6.45, 7) is 0.287. The number of amides is 1. The third-order valence-corrected chi connectivity index (χ3v) is 3.15. The zero-order valence-electron chi connectivity index (χ0n) is 11.1. The Labute approximate surface area is 114 Å². The van der Waals surface area contributed by atoms with Gasteiger partial charge >= 0.3 is 6.18 Å². The van der Waals surface area contributed by atoms with Crippen molar-refractivity contribution in [2.45, 2.75) is 25.3 Å². The molecule has 4 nitrogen and oxygen atoms in total. The molecule has 1 N–H and O–H groups in total. The summed E-state index contributed by atoms with van der Waals surface area (Å²) in [4.78, 5) is 12.6. The Hall–Kier alpha value is -1.76. The predicted octanol–water partition coefficient (Wildman–Crippen LogP) is 2.08. The summed E-state index contributed by atoms with van der Waals surface area (Å²) >= 11 is 0. The number of alkyl halides is 3. The van der Waals surface area contributed by atoms with Crippen molar-refractivity contribution >= 4 is 5.91 Å². The molecule has 1 aliphatic rings. The summed E-state index contributed by atoms with van der Waals surface area (Å²) in [5.74, 6) is 0.0524. The molecule has 0 aliphatic carbocycles. The van der Waals surface area contributed by atoms with Crippen LogP contribution in [0.25, 0.3) is 0 Å². The summed E-state index contributed by atoms with van der Waals surface area (Å²) in [5, 5.41) is 2.87. The fourth-order valence-electron chi connectivity index (χ4n) is 2.20. The molecule has 1 heterocycles. The fourth-order valence-corrected chi connectivity index (χ4v) is 2.20. The molecule has 110 valence electrons. The largest absolute Gasteiger partial charge is 0.497 e. The molecular formula is C13H15F3N2O2. The van der Waals surface area contributed by atoms with E-state index in [-0.39, 0.29) is 0 Å². The van der Waals surface area contributed by atoms with Gasteiger partial charge < -0.3 is 9.64 Å². The highest BCUT2D eigenvalue weighted by Crippen LogP contribution is 2.30. The molecule has 0 saturated carbocycles. The number of halogens is 3. The summed E-state index contributed by atoms with van der Waals surface area (Å²) in [6, 6.07) is 5.95. The average molecular weight is 288 g/mol. The third kappa shape index (κ3) is 3.04.